The van der Waals surface area contributed by atoms with Gasteiger partial charge in [-0.15, -0.1) is 0 Å². The number of aromatic nitrogens is 2. The van der Waals surface area contributed by atoms with Crippen molar-refractivity contribution < 1.29 is 14.3 Å². The van der Waals surface area contributed by atoms with E-state index in [0.717, 1.165) is 10.1 Å². The molecule has 27 heavy (non-hydrogen) atoms. The number of hydrogen-bond acceptors (Lipinski definition) is 5. The molecule has 0 atom stereocenters. The topological polar surface area (TPSA) is 102 Å². The van der Waals surface area contributed by atoms with Crippen molar-refractivity contribution in [2.24, 2.45) is 0 Å². The van der Waals surface area contributed by atoms with E-state index < -0.39 is 11.2 Å². The van der Waals surface area contributed by atoms with Crippen LogP contribution < -0.4 is 26.0 Å². The zero-order valence-electron chi connectivity index (χ0n) is 14.4. The SMILES string of the molecule is O=C(CCn1c(=O)[nH]c2ccccc2c1=O)NCc1ccc2c(c1)OCO2. The molecule has 2 aromatic carbocycles. The number of rotatable bonds is 5. The van der Waals surface area contributed by atoms with E-state index in [1.807, 2.05) is 6.07 Å². The van der Waals surface area contributed by atoms with Gasteiger partial charge in [0.05, 0.1) is 10.9 Å². The highest BCUT2D eigenvalue weighted by Crippen LogP contribution is 2.32. The summed E-state index contributed by atoms with van der Waals surface area (Å²) < 4.78 is 11.6. The third kappa shape index (κ3) is 3.41. The highest BCUT2D eigenvalue weighted by atomic mass is 16.7. The Balaban J connectivity index is 1.40. The number of amides is 1. The summed E-state index contributed by atoms with van der Waals surface area (Å²) in [5.74, 6) is 1.07. The molecular formula is C19H17N3O5. The quantitative estimate of drug-likeness (QED) is 0.704. The first-order chi connectivity index (χ1) is 13.1. The van der Waals surface area contributed by atoms with Gasteiger partial charge >= 0.3 is 5.69 Å². The lowest BCUT2D eigenvalue weighted by atomic mass is 10.2. The Kier molecular flexibility index (Phi) is 4.37. The Morgan fingerprint density at radius 3 is 2.81 bits per heavy atom. The number of H-pyrrole nitrogens is 1. The second kappa shape index (κ2) is 6.99. The molecule has 1 aliphatic rings. The summed E-state index contributed by atoms with van der Waals surface area (Å²) in [4.78, 5) is 39.3. The number of fused-ring (bicyclic) bond motifs is 2. The van der Waals surface area contributed by atoms with Gasteiger partial charge in [-0.1, -0.05) is 18.2 Å². The van der Waals surface area contributed by atoms with Gasteiger partial charge in [0.1, 0.15) is 0 Å². The van der Waals surface area contributed by atoms with Crippen LogP contribution in [0.5, 0.6) is 11.5 Å². The molecule has 2 heterocycles. The van der Waals surface area contributed by atoms with Gasteiger partial charge in [-0.2, -0.15) is 0 Å². The fraction of sp³-hybridized carbons (Fsp3) is 0.211. The average Bonchev–Trinajstić information content (AvgIpc) is 3.14. The van der Waals surface area contributed by atoms with E-state index in [1.165, 1.54) is 0 Å². The number of ether oxygens (including phenoxy) is 2. The summed E-state index contributed by atoms with van der Waals surface area (Å²) in [7, 11) is 0. The van der Waals surface area contributed by atoms with Crippen molar-refractivity contribution in [3.05, 3.63) is 68.9 Å². The molecule has 0 radical (unpaired) electrons. The van der Waals surface area contributed by atoms with Crippen molar-refractivity contribution in [1.82, 2.24) is 14.9 Å². The summed E-state index contributed by atoms with van der Waals surface area (Å²) in [6, 6.07) is 12.2. The molecule has 0 fully saturated rings. The molecule has 4 rings (SSSR count). The average molecular weight is 367 g/mol. The number of nitrogens with one attached hydrogen (secondary N) is 2. The maximum Gasteiger partial charge on any atom is 0.328 e. The third-order valence-corrected chi connectivity index (χ3v) is 4.38. The number of para-hydroxylation sites is 1. The van der Waals surface area contributed by atoms with Crippen molar-refractivity contribution in [2.75, 3.05) is 6.79 Å². The molecule has 0 unspecified atom stereocenters. The predicted molar refractivity (Wildman–Crippen MR) is 97.9 cm³/mol. The van der Waals surface area contributed by atoms with E-state index in [1.54, 1.807) is 36.4 Å². The summed E-state index contributed by atoms with van der Waals surface area (Å²) in [5.41, 5.74) is 0.421. The Labute approximate surface area is 153 Å². The molecule has 0 spiro atoms. The van der Waals surface area contributed by atoms with Crippen molar-refractivity contribution in [3.63, 3.8) is 0 Å². The van der Waals surface area contributed by atoms with Crippen LogP contribution >= 0.6 is 0 Å². The van der Waals surface area contributed by atoms with Crippen LogP contribution in [0.1, 0.15) is 12.0 Å². The summed E-state index contributed by atoms with van der Waals surface area (Å²) in [5, 5.41) is 3.19. The zero-order valence-corrected chi connectivity index (χ0v) is 14.4. The number of nitrogens with zero attached hydrogens (tertiary/aromatic N) is 1. The molecule has 1 aliphatic heterocycles. The second-order valence-electron chi connectivity index (χ2n) is 6.15. The van der Waals surface area contributed by atoms with Crippen LogP contribution in [0.15, 0.2) is 52.1 Å². The first-order valence-electron chi connectivity index (χ1n) is 8.49. The van der Waals surface area contributed by atoms with Crippen LogP contribution in [0.3, 0.4) is 0 Å². The molecule has 3 aromatic rings. The second-order valence-corrected chi connectivity index (χ2v) is 6.15. The zero-order chi connectivity index (χ0) is 18.8. The van der Waals surface area contributed by atoms with E-state index in [9.17, 15) is 14.4 Å². The van der Waals surface area contributed by atoms with Gasteiger partial charge < -0.3 is 19.8 Å². The molecule has 1 amide bonds. The fourth-order valence-electron chi connectivity index (χ4n) is 2.96. The number of carbonyl (C=O) groups excluding carboxylic acids is 1. The van der Waals surface area contributed by atoms with Gasteiger partial charge in [0.25, 0.3) is 5.56 Å². The first kappa shape index (κ1) is 16.9. The minimum Gasteiger partial charge on any atom is -0.454 e. The predicted octanol–water partition coefficient (Wildman–Crippen LogP) is 1.12. The highest BCUT2D eigenvalue weighted by Gasteiger charge is 2.14. The molecule has 8 heteroatoms. The van der Waals surface area contributed by atoms with Crippen LogP contribution in [-0.2, 0) is 17.9 Å². The Morgan fingerprint density at radius 2 is 1.93 bits per heavy atom. The fourth-order valence-corrected chi connectivity index (χ4v) is 2.96. The molecule has 0 saturated heterocycles. The number of aromatic amines is 1. The molecule has 0 saturated carbocycles. The number of benzene rings is 2. The van der Waals surface area contributed by atoms with E-state index in [4.69, 9.17) is 9.47 Å². The minimum absolute atomic E-state index is 0.00593. The third-order valence-electron chi connectivity index (χ3n) is 4.38. The molecule has 8 nitrogen and oxygen atoms in total. The van der Waals surface area contributed by atoms with Gasteiger partial charge in [-0.05, 0) is 29.8 Å². The normalized spacial score (nSPS) is 12.3. The largest absolute Gasteiger partial charge is 0.454 e. The lowest BCUT2D eigenvalue weighted by molar-refractivity contribution is -0.121. The Bertz CT molecular complexity index is 1130. The molecular weight excluding hydrogens is 350 g/mol. The van der Waals surface area contributed by atoms with Crippen molar-refractivity contribution in [2.45, 2.75) is 19.5 Å². The monoisotopic (exact) mass is 367 g/mol. The molecule has 2 N–H and O–H groups in total. The maximum absolute atomic E-state index is 12.4. The lowest BCUT2D eigenvalue weighted by Crippen LogP contribution is -2.36. The molecule has 1 aromatic heterocycles. The van der Waals surface area contributed by atoms with E-state index in [-0.39, 0.29) is 25.7 Å². The summed E-state index contributed by atoms with van der Waals surface area (Å²) in [6.45, 7) is 0.518. The number of carbonyl (C=O) groups is 1. The number of hydrogen-bond donors (Lipinski definition) is 2. The lowest BCUT2D eigenvalue weighted by Gasteiger charge is -2.08. The van der Waals surface area contributed by atoms with Crippen LogP contribution in [0.4, 0.5) is 0 Å². The maximum atomic E-state index is 12.4. The van der Waals surface area contributed by atoms with Crippen molar-refractivity contribution in [3.8, 4) is 11.5 Å². The Hall–Kier alpha value is -3.55. The van der Waals surface area contributed by atoms with E-state index >= 15 is 0 Å². The van der Waals surface area contributed by atoms with E-state index in [0.29, 0.717) is 28.9 Å². The standard InChI is InChI=1S/C19H17N3O5/c23-17(20-10-12-5-6-15-16(9-12)27-11-26-15)7-8-22-18(24)13-3-1-2-4-14(13)21-19(22)25/h1-6,9H,7-8,10-11H2,(H,20,23)(H,21,25). The van der Waals surface area contributed by atoms with Gasteiger partial charge in [-0.3, -0.25) is 14.2 Å². The van der Waals surface area contributed by atoms with Gasteiger partial charge in [-0.25, -0.2) is 4.79 Å². The van der Waals surface area contributed by atoms with Crippen LogP contribution in [0, 0.1) is 0 Å². The molecule has 0 aliphatic carbocycles. The van der Waals surface area contributed by atoms with Gasteiger partial charge in [0, 0.05) is 19.5 Å². The van der Waals surface area contributed by atoms with Crippen molar-refractivity contribution >= 4 is 16.8 Å². The Morgan fingerprint density at radius 1 is 1.11 bits per heavy atom. The van der Waals surface area contributed by atoms with Crippen LogP contribution in [0.2, 0.25) is 0 Å². The highest BCUT2D eigenvalue weighted by molar-refractivity contribution is 5.77. The summed E-state index contributed by atoms with van der Waals surface area (Å²) in [6.07, 6.45) is 0.0197. The van der Waals surface area contributed by atoms with Crippen molar-refractivity contribution in [1.29, 1.82) is 0 Å². The smallest absolute Gasteiger partial charge is 0.328 e. The van der Waals surface area contributed by atoms with Crippen LogP contribution in [0.25, 0.3) is 10.9 Å². The molecule has 0 bridgehead atoms. The van der Waals surface area contributed by atoms with Crippen LogP contribution in [-0.4, -0.2) is 22.3 Å². The molecule has 138 valence electrons. The van der Waals surface area contributed by atoms with E-state index in [2.05, 4.69) is 10.3 Å². The first-order valence-corrected chi connectivity index (χ1v) is 8.49. The van der Waals surface area contributed by atoms with Gasteiger partial charge in [0.15, 0.2) is 11.5 Å². The minimum atomic E-state index is -0.526. The summed E-state index contributed by atoms with van der Waals surface area (Å²) >= 11 is 0. The van der Waals surface area contributed by atoms with Gasteiger partial charge in [0.2, 0.25) is 12.7 Å².